The molecular formula is C41H56N6O3S4. The van der Waals surface area contributed by atoms with E-state index in [1.807, 2.05) is 22.9 Å². The molecule has 5 aromatic rings. The first kappa shape index (κ1) is 43.5. The maximum atomic E-state index is 13.4. The van der Waals surface area contributed by atoms with Crippen molar-refractivity contribution in [2.75, 3.05) is 19.7 Å². The molecule has 3 aliphatic heterocycles. The average Bonchev–Trinajstić information content (AvgIpc) is 3.95. The van der Waals surface area contributed by atoms with Gasteiger partial charge in [-0.05, 0) is 85.1 Å². The quantitative estimate of drug-likeness (QED) is 0.184. The highest BCUT2D eigenvalue weighted by Gasteiger charge is 2.36. The zero-order valence-electron chi connectivity index (χ0n) is 31.7. The number of hydrogen-bond donors (Lipinski definition) is 2. The smallest absolute Gasteiger partial charge is 0.226 e. The molecule has 13 heteroatoms. The van der Waals surface area contributed by atoms with E-state index in [2.05, 4.69) is 79.3 Å². The number of carbonyl (C=O) groups excluding carboxylic acids is 2. The van der Waals surface area contributed by atoms with Crippen LogP contribution in [0.25, 0.3) is 44.2 Å². The first-order chi connectivity index (χ1) is 24.3. The molecule has 0 radical (unpaired) electrons. The van der Waals surface area contributed by atoms with Crippen LogP contribution in [0.2, 0.25) is 0 Å². The molecule has 2 aromatic heterocycles. The summed E-state index contributed by atoms with van der Waals surface area (Å²) in [6.07, 6.45) is 8.48. The third-order valence-electron chi connectivity index (χ3n) is 11.5. The molecule has 0 unspecified atom stereocenters. The molecular weight excluding hydrogens is 753 g/mol. The molecule has 0 saturated carbocycles. The molecule has 54 heavy (non-hydrogen) atoms. The Hall–Kier alpha value is -3.26. The molecule has 0 aliphatic carbocycles. The molecule has 9 nitrogen and oxygen atoms in total. The van der Waals surface area contributed by atoms with Crippen LogP contribution < -0.4 is 4.74 Å². The molecule has 0 spiro atoms. The molecule has 2 N–H and O–H groups in total. The number of ether oxygens (including phenoxy) is 1. The van der Waals surface area contributed by atoms with Crippen LogP contribution in [0.3, 0.4) is 0 Å². The zero-order chi connectivity index (χ0) is 34.5. The van der Waals surface area contributed by atoms with Crippen LogP contribution in [-0.2, 0) is 9.59 Å². The summed E-state index contributed by atoms with van der Waals surface area (Å²) in [5, 5.41) is 2.15. The van der Waals surface area contributed by atoms with E-state index in [9.17, 15) is 9.59 Å². The monoisotopic (exact) mass is 808 g/mol. The van der Waals surface area contributed by atoms with Crippen molar-refractivity contribution in [3.8, 4) is 28.1 Å². The van der Waals surface area contributed by atoms with Gasteiger partial charge in [0.05, 0.1) is 30.6 Å². The first-order valence-electron chi connectivity index (χ1n) is 18.6. The van der Waals surface area contributed by atoms with Gasteiger partial charge in [-0.3, -0.25) is 9.59 Å². The van der Waals surface area contributed by atoms with Gasteiger partial charge in [-0.15, -0.1) is 0 Å². The Bertz CT molecular complexity index is 2070. The molecule has 2 fully saturated rings. The van der Waals surface area contributed by atoms with Gasteiger partial charge in [-0.25, -0.2) is 9.97 Å². The molecule has 4 atom stereocenters. The van der Waals surface area contributed by atoms with E-state index in [0.717, 1.165) is 120 Å². The van der Waals surface area contributed by atoms with E-state index in [1.54, 1.807) is 0 Å². The van der Waals surface area contributed by atoms with Gasteiger partial charge in [0.2, 0.25) is 11.8 Å². The predicted molar refractivity (Wildman–Crippen MR) is 238 cm³/mol. The number of likely N-dealkylation sites (tertiary alicyclic amines) is 1. The van der Waals surface area contributed by atoms with Crippen LogP contribution in [0.5, 0.6) is 5.75 Å². The lowest BCUT2D eigenvalue weighted by molar-refractivity contribution is -0.137. The van der Waals surface area contributed by atoms with Gasteiger partial charge in [0, 0.05) is 30.3 Å². The normalized spacial score (nSPS) is 20.5. The van der Waals surface area contributed by atoms with Gasteiger partial charge in [-0.1, -0.05) is 64.1 Å². The van der Waals surface area contributed by atoms with Crippen molar-refractivity contribution >= 4 is 87.6 Å². The number of hydrogen-bond acceptors (Lipinski definition) is 5. The highest BCUT2D eigenvalue weighted by molar-refractivity contribution is 7.59. The summed E-state index contributed by atoms with van der Waals surface area (Å²) in [7, 11) is 0. The first-order valence-corrected chi connectivity index (χ1v) is 18.6. The number of nitrogens with zero attached hydrogens (tertiary/aromatic N) is 4. The zero-order valence-corrected chi connectivity index (χ0v) is 35.7. The summed E-state index contributed by atoms with van der Waals surface area (Å²) in [5.41, 5.74) is 6.06. The Morgan fingerprint density at radius 2 is 1.52 bits per heavy atom. The lowest BCUT2D eigenvalue weighted by Crippen LogP contribution is -2.36. The van der Waals surface area contributed by atoms with E-state index < -0.39 is 0 Å². The van der Waals surface area contributed by atoms with Crippen molar-refractivity contribution in [3.63, 3.8) is 0 Å². The topological polar surface area (TPSA) is 107 Å². The fourth-order valence-corrected chi connectivity index (χ4v) is 8.14. The molecule has 3 aliphatic rings. The van der Waals surface area contributed by atoms with Crippen molar-refractivity contribution in [1.82, 2.24) is 29.7 Å². The largest absolute Gasteiger partial charge is 0.491 e. The Balaban J connectivity index is 0.00000162. The minimum atomic E-state index is -0.0297. The van der Waals surface area contributed by atoms with Crippen molar-refractivity contribution in [2.45, 2.75) is 84.7 Å². The second-order valence-corrected chi connectivity index (χ2v) is 15.1. The van der Waals surface area contributed by atoms with Crippen LogP contribution >= 0.6 is 54.0 Å². The number of nitrogens with one attached hydrogen (secondary N) is 2. The maximum absolute atomic E-state index is 13.4. The standard InChI is InChI=1S/C41H48N6O3.4H2S/c1-24(2)26(4)41(49)47-19-7-10-33(47)38-42-23-32(43-38)28-14-12-27(13-15-28)29-16-17-31-30(21-29)22-35-37-36(31)44-39(45-37)34-11-8-18-46(34)40(48)25(3)9-5-6-20-50-35;;;;/h12-17,21-26,33-34H,5-11,18-20H2,1-4H3,(H,42,43)(H,44,45);4*1H2/t25-,26-,33-,34-;;;;/m0..../s1. The number of fused-ring (bicyclic) bond motifs is 5. The number of carbonyl (C=O) groups is 2. The third kappa shape index (κ3) is 8.15. The van der Waals surface area contributed by atoms with Gasteiger partial charge >= 0.3 is 0 Å². The lowest BCUT2D eigenvalue weighted by Gasteiger charge is -2.27. The second kappa shape index (κ2) is 18.1. The molecule has 8 rings (SSSR count). The summed E-state index contributed by atoms with van der Waals surface area (Å²) in [5.74, 6) is 3.32. The van der Waals surface area contributed by atoms with Crippen molar-refractivity contribution in [2.24, 2.45) is 17.8 Å². The number of benzene rings is 3. The number of aromatic nitrogens is 4. The molecule has 292 valence electrons. The summed E-state index contributed by atoms with van der Waals surface area (Å²) in [6.45, 7) is 10.5. The minimum absolute atomic E-state index is 0. The summed E-state index contributed by atoms with van der Waals surface area (Å²) >= 11 is 0. The number of aromatic amines is 2. The van der Waals surface area contributed by atoms with Crippen molar-refractivity contribution in [3.05, 3.63) is 66.4 Å². The SMILES string of the molecule is CC(C)[C@H](C)C(=O)N1CCC[C@H]1c1ncc(-c2ccc(-c3ccc4c(c3)cc3c5[nH]c(nc54)[C@@H]4CCCN4C(=O)[C@@H](C)CCCCO3)cc2)[nH]1.S.S.S.S. The Labute approximate surface area is 346 Å². The van der Waals surface area contributed by atoms with Crippen LogP contribution in [-0.4, -0.2) is 61.2 Å². The molecule has 2 bridgehead atoms. The Morgan fingerprint density at radius 3 is 2.28 bits per heavy atom. The van der Waals surface area contributed by atoms with E-state index in [0.29, 0.717) is 12.5 Å². The average molecular weight is 809 g/mol. The van der Waals surface area contributed by atoms with E-state index in [4.69, 9.17) is 14.7 Å². The van der Waals surface area contributed by atoms with E-state index in [1.165, 1.54) is 0 Å². The molecule has 2 saturated heterocycles. The summed E-state index contributed by atoms with van der Waals surface area (Å²) in [4.78, 5) is 47.7. The van der Waals surface area contributed by atoms with Crippen LogP contribution in [0.15, 0.2) is 54.7 Å². The Kier molecular flexibility index (Phi) is 14.6. The fourth-order valence-electron chi connectivity index (χ4n) is 8.14. The highest BCUT2D eigenvalue weighted by Crippen LogP contribution is 2.40. The van der Waals surface area contributed by atoms with Crippen LogP contribution in [0.4, 0.5) is 0 Å². The number of amides is 2. The number of imidazole rings is 2. The molecule has 2 amide bonds. The van der Waals surface area contributed by atoms with E-state index >= 15 is 0 Å². The highest BCUT2D eigenvalue weighted by atomic mass is 32.1. The van der Waals surface area contributed by atoms with Crippen LogP contribution in [0, 0.1) is 17.8 Å². The predicted octanol–water partition coefficient (Wildman–Crippen LogP) is 9.04. The van der Waals surface area contributed by atoms with Gasteiger partial charge in [0.25, 0.3) is 0 Å². The number of rotatable bonds is 5. The maximum Gasteiger partial charge on any atom is 0.226 e. The third-order valence-corrected chi connectivity index (χ3v) is 11.5. The van der Waals surface area contributed by atoms with Gasteiger partial charge in [0.15, 0.2) is 0 Å². The van der Waals surface area contributed by atoms with Gasteiger partial charge in [0.1, 0.15) is 28.4 Å². The van der Waals surface area contributed by atoms with Crippen molar-refractivity contribution in [1.29, 1.82) is 0 Å². The summed E-state index contributed by atoms with van der Waals surface area (Å²) < 4.78 is 6.42. The van der Waals surface area contributed by atoms with Crippen LogP contribution in [0.1, 0.15) is 96.4 Å². The Morgan fingerprint density at radius 1 is 0.815 bits per heavy atom. The van der Waals surface area contributed by atoms with Gasteiger partial charge < -0.3 is 24.5 Å². The second-order valence-electron chi connectivity index (χ2n) is 15.1. The van der Waals surface area contributed by atoms with Crippen molar-refractivity contribution < 1.29 is 14.3 Å². The molecule has 3 aromatic carbocycles. The fraction of sp³-hybridized carbons (Fsp3) is 0.463. The minimum Gasteiger partial charge on any atom is -0.491 e. The summed E-state index contributed by atoms with van der Waals surface area (Å²) in [6, 6.07) is 17.2. The van der Waals surface area contributed by atoms with E-state index in [-0.39, 0.29) is 89.7 Å². The van der Waals surface area contributed by atoms with Gasteiger partial charge in [-0.2, -0.15) is 54.0 Å². The lowest BCUT2D eigenvalue weighted by atomic mass is 9.96. The number of H-pyrrole nitrogens is 2. The molecule has 5 heterocycles.